The highest BCUT2D eigenvalue weighted by Crippen LogP contribution is 2.62. The van der Waals surface area contributed by atoms with Crippen molar-refractivity contribution in [3.05, 3.63) is 113 Å². The third-order valence-electron chi connectivity index (χ3n) is 9.89. The first kappa shape index (κ1) is 26.6. The molecule has 4 heteroatoms. The van der Waals surface area contributed by atoms with E-state index in [9.17, 15) is 9.90 Å². The first-order chi connectivity index (χ1) is 19.4. The number of hydrogen-bond donors (Lipinski definition) is 2. The van der Waals surface area contributed by atoms with E-state index < -0.39 is 5.97 Å². The molecule has 2 fully saturated rings. The van der Waals surface area contributed by atoms with Crippen molar-refractivity contribution >= 4 is 18.1 Å². The Labute approximate surface area is 237 Å². The van der Waals surface area contributed by atoms with Crippen LogP contribution < -0.4 is 4.74 Å². The van der Waals surface area contributed by atoms with Gasteiger partial charge < -0.3 is 14.9 Å². The number of carboxylic acids is 1. The molecule has 0 aromatic heterocycles. The fourth-order valence-electron chi connectivity index (χ4n) is 7.79. The number of fused-ring (bicyclic) bond motifs is 5. The molecule has 3 aromatic rings. The Hall–Kier alpha value is -3.63. The largest absolute Gasteiger partial charge is 0.489 e. The van der Waals surface area contributed by atoms with Gasteiger partial charge in [0.05, 0.1) is 6.10 Å². The highest BCUT2D eigenvalue weighted by molar-refractivity contribution is 5.85. The first-order valence-electron chi connectivity index (χ1n) is 14.6. The summed E-state index contributed by atoms with van der Waals surface area (Å²) in [4.78, 5) is 10.8. The molecule has 6 rings (SSSR count). The Morgan fingerprint density at radius 2 is 1.73 bits per heavy atom. The predicted molar refractivity (Wildman–Crippen MR) is 159 cm³/mol. The highest BCUT2D eigenvalue weighted by atomic mass is 16.5. The summed E-state index contributed by atoms with van der Waals surface area (Å²) in [6.45, 7) is 2.89. The highest BCUT2D eigenvalue weighted by Gasteiger charge is 2.56. The smallest absolute Gasteiger partial charge is 0.328 e. The molecule has 6 atom stereocenters. The summed E-state index contributed by atoms with van der Waals surface area (Å²) in [5.41, 5.74) is 6.01. The molecule has 3 aliphatic carbocycles. The van der Waals surface area contributed by atoms with Gasteiger partial charge in [0.2, 0.25) is 0 Å². The number of aliphatic hydroxyl groups excluding tert-OH is 1. The van der Waals surface area contributed by atoms with E-state index >= 15 is 0 Å². The van der Waals surface area contributed by atoms with E-state index in [-0.39, 0.29) is 11.5 Å². The van der Waals surface area contributed by atoms with Crippen molar-refractivity contribution in [1.82, 2.24) is 0 Å². The fourth-order valence-corrected chi connectivity index (χ4v) is 7.79. The molecule has 0 radical (unpaired) electrons. The van der Waals surface area contributed by atoms with Crippen molar-refractivity contribution in [2.24, 2.45) is 23.2 Å². The Morgan fingerprint density at radius 3 is 2.48 bits per heavy atom. The standard InChI is InChI=1S/C36H38O4/c1-36-20-19-31-30-15-14-29(40-23-26-5-3-2-4-6-26)22-28(30)21-27(35(31)32(36)16-17-33(36)37)13-11-24-7-9-25(10-8-24)12-18-34(38)39/h2-15,18,22,27,31-33,35,37H,16-17,19-21,23H2,1H3,(H,38,39)/b13-11+,18-12+/t27-,31-,32+,33+,35-,36+/m1/s1. The quantitative estimate of drug-likeness (QED) is 0.308. The van der Waals surface area contributed by atoms with Crippen LogP contribution in [0.4, 0.5) is 0 Å². The SMILES string of the molecule is C[C@]12CC[C@@H]3c4ccc(OCc5ccccc5)cc4C[C@@H](/C=C/c4ccc(/C=C/C(=O)O)cc4)[C@H]3[C@@H]1CC[C@@H]2O. The number of carbonyl (C=O) groups is 1. The second kappa shape index (κ2) is 11.1. The van der Waals surface area contributed by atoms with Gasteiger partial charge in [-0.25, -0.2) is 4.79 Å². The molecule has 0 aliphatic heterocycles. The van der Waals surface area contributed by atoms with Gasteiger partial charge in [0.1, 0.15) is 12.4 Å². The van der Waals surface area contributed by atoms with Gasteiger partial charge in [-0.15, -0.1) is 0 Å². The molecule has 2 N–H and O–H groups in total. The van der Waals surface area contributed by atoms with Crippen LogP contribution >= 0.6 is 0 Å². The maximum absolute atomic E-state index is 11.0. The second-order valence-corrected chi connectivity index (χ2v) is 12.1. The molecule has 4 nitrogen and oxygen atoms in total. The minimum atomic E-state index is -0.943. The molecule has 2 saturated carbocycles. The van der Waals surface area contributed by atoms with E-state index in [0.717, 1.165) is 54.5 Å². The van der Waals surface area contributed by atoms with Crippen molar-refractivity contribution in [3.8, 4) is 5.75 Å². The lowest BCUT2D eigenvalue weighted by atomic mass is 9.52. The third kappa shape index (κ3) is 5.25. The topological polar surface area (TPSA) is 66.8 Å². The summed E-state index contributed by atoms with van der Waals surface area (Å²) in [7, 11) is 0. The van der Waals surface area contributed by atoms with Crippen LogP contribution in [0.3, 0.4) is 0 Å². The first-order valence-corrected chi connectivity index (χ1v) is 14.6. The van der Waals surface area contributed by atoms with Crippen LogP contribution in [0, 0.1) is 23.2 Å². The van der Waals surface area contributed by atoms with Crippen LogP contribution in [0.5, 0.6) is 5.75 Å². The zero-order valence-corrected chi connectivity index (χ0v) is 23.1. The lowest BCUT2D eigenvalue weighted by molar-refractivity contribution is -0.131. The molecule has 0 unspecified atom stereocenters. The third-order valence-corrected chi connectivity index (χ3v) is 9.89. The molecule has 0 bridgehead atoms. The monoisotopic (exact) mass is 534 g/mol. The summed E-state index contributed by atoms with van der Waals surface area (Å²) in [5, 5.41) is 19.9. The minimum Gasteiger partial charge on any atom is -0.489 e. The molecule has 0 heterocycles. The Morgan fingerprint density at radius 1 is 0.975 bits per heavy atom. The van der Waals surface area contributed by atoms with Crippen LogP contribution in [-0.2, 0) is 17.8 Å². The Kier molecular flexibility index (Phi) is 7.37. The summed E-state index contributed by atoms with van der Waals surface area (Å²) in [6.07, 6.45) is 12.4. The molecule has 3 aliphatic rings. The van der Waals surface area contributed by atoms with Gasteiger partial charge in [-0.1, -0.05) is 79.7 Å². The van der Waals surface area contributed by atoms with Crippen molar-refractivity contribution in [1.29, 1.82) is 0 Å². The molecular weight excluding hydrogens is 496 g/mol. The summed E-state index contributed by atoms with van der Waals surface area (Å²) < 4.78 is 6.21. The van der Waals surface area contributed by atoms with Crippen LogP contribution in [0.15, 0.2) is 84.9 Å². The second-order valence-electron chi connectivity index (χ2n) is 12.1. The average molecular weight is 535 g/mol. The number of aliphatic hydroxyl groups is 1. The van der Waals surface area contributed by atoms with E-state index in [0.29, 0.717) is 30.3 Å². The normalized spacial score (nSPS) is 29.2. The number of allylic oxidation sites excluding steroid dienone is 1. The summed E-state index contributed by atoms with van der Waals surface area (Å²) in [6, 6.07) is 25.0. The number of carboxylic acid groups (broad SMARTS) is 1. The van der Waals surface area contributed by atoms with Gasteiger partial charge in [0, 0.05) is 6.08 Å². The van der Waals surface area contributed by atoms with Crippen molar-refractivity contribution in [2.75, 3.05) is 0 Å². The maximum atomic E-state index is 11.0. The summed E-state index contributed by atoms with van der Waals surface area (Å²) >= 11 is 0. The fraction of sp³-hybridized carbons (Fsp3) is 0.361. The number of aliphatic carboxylic acids is 1. The zero-order chi connectivity index (χ0) is 27.7. The van der Waals surface area contributed by atoms with Crippen molar-refractivity contribution in [3.63, 3.8) is 0 Å². The van der Waals surface area contributed by atoms with Gasteiger partial charge in [-0.3, -0.25) is 0 Å². The molecular formula is C36H38O4. The Balaban J connectivity index is 1.28. The van der Waals surface area contributed by atoms with E-state index in [4.69, 9.17) is 9.84 Å². The number of rotatable bonds is 7. The number of hydrogen-bond acceptors (Lipinski definition) is 3. The molecule has 0 spiro atoms. The lowest BCUT2D eigenvalue weighted by Crippen LogP contribution is -2.46. The van der Waals surface area contributed by atoms with Crippen molar-refractivity contribution in [2.45, 2.75) is 57.7 Å². The van der Waals surface area contributed by atoms with E-state index in [1.54, 1.807) is 6.08 Å². The predicted octanol–water partition coefficient (Wildman–Crippen LogP) is 7.52. The number of benzene rings is 3. The minimum absolute atomic E-state index is 0.00161. The van der Waals surface area contributed by atoms with Gasteiger partial charge >= 0.3 is 5.97 Å². The molecule has 40 heavy (non-hydrogen) atoms. The molecule has 206 valence electrons. The molecule has 0 amide bonds. The number of ether oxygens (including phenoxy) is 1. The van der Waals surface area contributed by atoms with E-state index in [1.165, 1.54) is 17.2 Å². The lowest BCUT2D eigenvalue weighted by Gasteiger charge is -2.52. The maximum Gasteiger partial charge on any atom is 0.328 e. The average Bonchev–Trinajstić information content (AvgIpc) is 3.28. The van der Waals surface area contributed by atoms with Crippen LogP contribution in [0.2, 0.25) is 0 Å². The summed E-state index contributed by atoms with van der Waals surface area (Å²) in [5.74, 6) is 1.87. The zero-order valence-electron chi connectivity index (χ0n) is 23.1. The Bertz CT molecular complexity index is 1410. The van der Waals surface area contributed by atoms with Gasteiger partial charge in [-0.05, 0) is 107 Å². The van der Waals surface area contributed by atoms with Crippen LogP contribution in [0.25, 0.3) is 12.2 Å². The molecule has 0 saturated heterocycles. The van der Waals surface area contributed by atoms with Crippen LogP contribution in [-0.4, -0.2) is 22.3 Å². The van der Waals surface area contributed by atoms with Crippen LogP contribution in [0.1, 0.15) is 66.3 Å². The van der Waals surface area contributed by atoms with Gasteiger partial charge in [0.15, 0.2) is 0 Å². The van der Waals surface area contributed by atoms with E-state index in [2.05, 4.69) is 49.4 Å². The van der Waals surface area contributed by atoms with Crippen molar-refractivity contribution < 1.29 is 19.7 Å². The van der Waals surface area contributed by atoms with Gasteiger partial charge in [-0.2, -0.15) is 0 Å². The van der Waals surface area contributed by atoms with E-state index in [1.807, 2.05) is 42.5 Å². The molecule has 3 aromatic carbocycles. The van der Waals surface area contributed by atoms with Gasteiger partial charge in [0.25, 0.3) is 0 Å².